The molecule has 4 aromatic rings. The molecule has 0 aliphatic carbocycles. The molecular formula is C23H20N6O2S. The van der Waals surface area contributed by atoms with Crippen molar-refractivity contribution in [2.45, 2.75) is 5.16 Å². The van der Waals surface area contributed by atoms with Crippen LogP contribution >= 0.6 is 11.8 Å². The molecule has 8 nitrogen and oxygen atoms in total. The van der Waals surface area contributed by atoms with E-state index in [1.165, 1.54) is 18.0 Å². The number of hydrogen-bond acceptors (Lipinski definition) is 7. The summed E-state index contributed by atoms with van der Waals surface area (Å²) >= 11 is 1.28. The molecule has 0 saturated heterocycles. The number of thioether (sulfide) groups is 1. The van der Waals surface area contributed by atoms with Gasteiger partial charge in [-0.1, -0.05) is 36.0 Å². The van der Waals surface area contributed by atoms with E-state index in [0.29, 0.717) is 16.7 Å². The smallest absolute Gasteiger partial charge is 0.250 e. The second kappa shape index (κ2) is 10.4. The number of hydrazone groups is 1. The van der Waals surface area contributed by atoms with E-state index >= 15 is 0 Å². The lowest BCUT2D eigenvalue weighted by atomic mass is 10.2. The molecule has 0 fully saturated rings. The van der Waals surface area contributed by atoms with Crippen molar-refractivity contribution in [3.8, 4) is 22.8 Å². The number of amides is 1. The quantitative estimate of drug-likeness (QED) is 0.254. The van der Waals surface area contributed by atoms with Crippen molar-refractivity contribution in [2.24, 2.45) is 5.10 Å². The minimum atomic E-state index is -0.254. The topological polar surface area (TPSA) is 94.3 Å². The summed E-state index contributed by atoms with van der Waals surface area (Å²) in [4.78, 5) is 16.4. The van der Waals surface area contributed by atoms with Crippen molar-refractivity contribution in [3.63, 3.8) is 0 Å². The highest BCUT2D eigenvalue weighted by Crippen LogP contribution is 2.28. The van der Waals surface area contributed by atoms with E-state index in [2.05, 4.69) is 25.7 Å². The van der Waals surface area contributed by atoms with E-state index in [1.54, 1.807) is 19.4 Å². The number of benzene rings is 2. The van der Waals surface area contributed by atoms with Gasteiger partial charge in [0.1, 0.15) is 5.75 Å². The molecule has 2 aromatic heterocycles. The summed E-state index contributed by atoms with van der Waals surface area (Å²) in [6.45, 7) is 0. The highest BCUT2D eigenvalue weighted by atomic mass is 32.2. The lowest BCUT2D eigenvalue weighted by Crippen LogP contribution is -2.20. The SMILES string of the molecule is COc1ccc(-c2nnc(SCC(=O)N/N=C\c3ccccn3)n2-c2ccccc2)cc1. The molecule has 0 aliphatic heterocycles. The van der Waals surface area contributed by atoms with Gasteiger partial charge >= 0.3 is 0 Å². The van der Waals surface area contributed by atoms with Crippen molar-refractivity contribution in [1.29, 1.82) is 0 Å². The molecular weight excluding hydrogens is 424 g/mol. The first-order valence-corrected chi connectivity index (χ1v) is 10.7. The molecule has 0 saturated carbocycles. The van der Waals surface area contributed by atoms with Gasteiger partial charge in [0.15, 0.2) is 11.0 Å². The second-order valence-corrected chi connectivity index (χ2v) is 7.48. The Bertz CT molecular complexity index is 1190. The number of nitrogens with zero attached hydrogens (tertiary/aromatic N) is 5. The number of ether oxygens (including phenoxy) is 1. The van der Waals surface area contributed by atoms with Gasteiger partial charge in [-0.15, -0.1) is 10.2 Å². The van der Waals surface area contributed by atoms with E-state index in [4.69, 9.17) is 4.74 Å². The van der Waals surface area contributed by atoms with Crippen LogP contribution in [0.5, 0.6) is 5.75 Å². The van der Waals surface area contributed by atoms with Crippen molar-refractivity contribution in [2.75, 3.05) is 12.9 Å². The maximum Gasteiger partial charge on any atom is 0.250 e. The Morgan fingerprint density at radius 1 is 1.06 bits per heavy atom. The third-order valence-corrected chi connectivity index (χ3v) is 5.33. The van der Waals surface area contributed by atoms with Gasteiger partial charge in [0.2, 0.25) is 0 Å². The number of pyridine rings is 1. The molecule has 0 spiro atoms. The number of hydrogen-bond donors (Lipinski definition) is 1. The molecule has 2 heterocycles. The Hall–Kier alpha value is -3.98. The van der Waals surface area contributed by atoms with Crippen LogP contribution in [-0.2, 0) is 4.79 Å². The van der Waals surface area contributed by atoms with Crippen LogP contribution in [0.4, 0.5) is 0 Å². The molecule has 0 aliphatic rings. The fraction of sp³-hybridized carbons (Fsp3) is 0.0870. The van der Waals surface area contributed by atoms with Gasteiger partial charge in [-0.3, -0.25) is 14.3 Å². The van der Waals surface area contributed by atoms with Crippen LogP contribution in [0.25, 0.3) is 17.1 Å². The Balaban J connectivity index is 1.51. The Morgan fingerprint density at radius 2 is 1.84 bits per heavy atom. The minimum absolute atomic E-state index is 0.132. The first kappa shape index (κ1) is 21.3. The lowest BCUT2D eigenvalue weighted by Gasteiger charge is -2.10. The summed E-state index contributed by atoms with van der Waals surface area (Å²) in [7, 11) is 1.63. The summed E-state index contributed by atoms with van der Waals surface area (Å²) in [5, 5.41) is 13.3. The maximum atomic E-state index is 12.3. The molecule has 32 heavy (non-hydrogen) atoms. The van der Waals surface area contributed by atoms with Gasteiger partial charge in [0, 0.05) is 17.4 Å². The molecule has 0 atom stereocenters. The first-order chi connectivity index (χ1) is 15.7. The number of carbonyl (C=O) groups is 1. The van der Waals surface area contributed by atoms with Crippen LogP contribution < -0.4 is 10.2 Å². The summed E-state index contributed by atoms with van der Waals surface area (Å²) in [6.07, 6.45) is 3.16. The Kier molecular flexibility index (Phi) is 6.88. The van der Waals surface area contributed by atoms with E-state index in [0.717, 1.165) is 17.0 Å². The van der Waals surface area contributed by atoms with Crippen LogP contribution in [0.3, 0.4) is 0 Å². The number of aromatic nitrogens is 4. The summed E-state index contributed by atoms with van der Waals surface area (Å²) in [6, 6.07) is 22.8. The Labute approximate surface area is 189 Å². The van der Waals surface area contributed by atoms with Crippen LogP contribution in [0.2, 0.25) is 0 Å². The van der Waals surface area contributed by atoms with Gasteiger partial charge in [0.05, 0.1) is 24.8 Å². The number of carbonyl (C=O) groups excluding carboxylic acids is 1. The zero-order valence-electron chi connectivity index (χ0n) is 17.3. The fourth-order valence-electron chi connectivity index (χ4n) is 2.89. The van der Waals surface area contributed by atoms with E-state index in [9.17, 15) is 4.79 Å². The van der Waals surface area contributed by atoms with Crippen LogP contribution in [0.1, 0.15) is 5.69 Å². The monoisotopic (exact) mass is 444 g/mol. The van der Waals surface area contributed by atoms with Crippen LogP contribution in [0.15, 0.2) is 89.3 Å². The van der Waals surface area contributed by atoms with Gasteiger partial charge in [-0.05, 0) is 48.5 Å². The molecule has 1 N–H and O–H groups in total. The zero-order chi connectivity index (χ0) is 22.2. The molecule has 0 unspecified atom stereocenters. The lowest BCUT2D eigenvalue weighted by molar-refractivity contribution is -0.118. The number of nitrogens with one attached hydrogen (secondary N) is 1. The second-order valence-electron chi connectivity index (χ2n) is 6.54. The third kappa shape index (κ3) is 5.19. The number of para-hydroxylation sites is 1. The third-order valence-electron chi connectivity index (χ3n) is 4.40. The molecule has 1 amide bonds. The average Bonchev–Trinajstić information content (AvgIpc) is 3.28. The van der Waals surface area contributed by atoms with Crippen molar-refractivity contribution >= 4 is 23.9 Å². The zero-order valence-corrected chi connectivity index (χ0v) is 18.1. The standard InChI is InChI=1S/C23H20N6O2S/c1-31-20-12-10-17(11-13-20)22-27-28-23(29(22)19-8-3-2-4-9-19)32-16-21(30)26-25-15-18-7-5-6-14-24-18/h2-15H,16H2,1H3,(H,26,30)/b25-15-. The molecule has 9 heteroatoms. The van der Waals surface area contributed by atoms with Gasteiger partial charge < -0.3 is 4.74 Å². The van der Waals surface area contributed by atoms with Gasteiger partial charge in [-0.25, -0.2) is 5.43 Å². The highest BCUT2D eigenvalue weighted by Gasteiger charge is 2.17. The van der Waals surface area contributed by atoms with Gasteiger partial charge in [-0.2, -0.15) is 5.10 Å². The summed E-state index contributed by atoms with van der Waals surface area (Å²) < 4.78 is 7.17. The van der Waals surface area contributed by atoms with E-state index in [-0.39, 0.29) is 11.7 Å². The minimum Gasteiger partial charge on any atom is -0.497 e. The van der Waals surface area contributed by atoms with Crippen molar-refractivity contribution in [1.82, 2.24) is 25.2 Å². The summed E-state index contributed by atoms with van der Waals surface area (Å²) in [5.41, 5.74) is 4.96. The number of methoxy groups -OCH3 is 1. The molecule has 4 rings (SSSR count). The van der Waals surface area contributed by atoms with E-state index in [1.807, 2.05) is 71.3 Å². The molecule has 0 radical (unpaired) electrons. The van der Waals surface area contributed by atoms with Crippen LogP contribution in [-0.4, -0.2) is 44.7 Å². The predicted octanol–water partition coefficient (Wildman–Crippen LogP) is 3.58. The van der Waals surface area contributed by atoms with Gasteiger partial charge in [0.25, 0.3) is 5.91 Å². The molecule has 2 aromatic carbocycles. The molecule has 160 valence electrons. The van der Waals surface area contributed by atoms with Crippen molar-refractivity contribution in [3.05, 3.63) is 84.7 Å². The first-order valence-electron chi connectivity index (χ1n) is 9.75. The van der Waals surface area contributed by atoms with E-state index < -0.39 is 0 Å². The van der Waals surface area contributed by atoms with Crippen molar-refractivity contribution < 1.29 is 9.53 Å². The fourth-order valence-corrected chi connectivity index (χ4v) is 3.63. The predicted molar refractivity (Wildman–Crippen MR) is 124 cm³/mol. The largest absolute Gasteiger partial charge is 0.497 e. The maximum absolute atomic E-state index is 12.3. The Morgan fingerprint density at radius 3 is 2.56 bits per heavy atom. The highest BCUT2D eigenvalue weighted by molar-refractivity contribution is 7.99. The molecule has 0 bridgehead atoms. The van der Waals surface area contributed by atoms with Crippen LogP contribution in [0, 0.1) is 0 Å². The average molecular weight is 445 g/mol. The number of rotatable bonds is 8. The summed E-state index contributed by atoms with van der Waals surface area (Å²) in [5.74, 6) is 1.32. The normalized spacial score (nSPS) is 10.9.